The molecule has 0 radical (unpaired) electrons. The molecule has 1 N–H and O–H groups in total. The van der Waals surface area contributed by atoms with E-state index < -0.39 is 0 Å². The molecule has 2 fully saturated rings. The molecule has 0 aromatic carbocycles. The Kier molecular flexibility index (Phi) is 6.10. The number of rotatable bonds is 8. The molecule has 21 heavy (non-hydrogen) atoms. The van der Waals surface area contributed by atoms with Crippen LogP contribution in [0.25, 0.3) is 0 Å². The predicted octanol–water partition coefficient (Wildman–Crippen LogP) is 3.15. The van der Waals surface area contributed by atoms with Crippen molar-refractivity contribution in [1.29, 1.82) is 0 Å². The zero-order valence-electron chi connectivity index (χ0n) is 14.7. The summed E-state index contributed by atoms with van der Waals surface area (Å²) >= 11 is 0. The van der Waals surface area contributed by atoms with Gasteiger partial charge in [-0.1, -0.05) is 27.7 Å². The first-order chi connectivity index (χ1) is 10.0. The monoisotopic (exact) mass is 296 g/mol. The van der Waals surface area contributed by atoms with E-state index in [1.54, 1.807) is 0 Å². The van der Waals surface area contributed by atoms with Gasteiger partial charge in [0.05, 0.1) is 6.61 Å². The first-order valence-electron chi connectivity index (χ1n) is 9.04. The number of nitrogens with one attached hydrogen (secondary N) is 1. The molecule has 0 aliphatic carbocycles. The molecule has 2 rings (SSSR count). The molecule has 2 heterocycles. The van der Waals surface area contributed by atoms with Crippen molar-refractivity contribution in [2.45, 2.75) is 53.4 Å². The van der Waals surface area contributed by atoms with Gasteiger partial charge in [0.15, 0.2) is 0 Å². The topological polar surface area (TPSA) is 24.5 Å². The van der Waals surface area contributed by atoms with Crippen molar-refractivity contribution in [3.63, 3.8) is 0 Å². The van der Waals surface area contributed by atoms with Crippen LogP contribution in [0, 0.1) is 16.7 Å². The van der Waals surface area contributed by atoms with Gasteiger partial charge < -0.3 is 15.0 Å². The number of hydrogen-bond acceptors (Lipinski definition) is 3. The average Bonchev–Trinajstić information content (AvgIpc) is 3.07. The number of nitrogens with zero attached hydrogens (tertiary/aromatic N) is 1. The van der Waals surface area contributed by atoms with Gasteiger partial charge in [0.1, 0.15) is 0 Å². The lowest BCUT2D eigenvalue weighted by atomic mass is 9.81. The Morgan fingerprint density at radius 3 is 2.43 bits per heavy atom. The van der Waals surface area contributed by atoms with Crippen molar-refractivity contribution < 1.29 is 4.74 Å². The summed E-state index contributed by atoms with van der Waals surface area (Å²) in [4.78, 5) is 2.72. The molecule has 3 heteroatoms. The SMILES string of the molecule is CCC1(CC)CCN(CC2(CNCC(C)C)CCOC2)C1. The van der Waals surface area contributed by atoms with E-state index in [0.717, 1.165) is 32.2 Å². The lowest BCUT2D eigenvalue weighted by Crippen LogP contribution is -2.45. The van der Waals surface area contributed by atoms with Crippen LogP contribution in [0.5, 0.6) is 0 Å². The summed E-state index contributed by atoms with van der Waals surface area (Å²) in [6.45, 7) is 17.2. The molecule has 0 bridgehead atoms. The predicted molar refractivity (Wildman–Crippen MR) is 89.6 cm³/mol. The van der Waals surface area contributed by atoms with Gasteiger partial charge in [-0.3, -0.25) is 0 Å². The van der Waals surface area contributed by atoms with E-state index in [1.165, 1.54) is 45.3 Å². The largest absolute Gasteiger partial charge is 0.381 e. The minimum absolute atomic E-state index is 0.354. The van der Waals surface area contributed by atoms with Crippen LogP contribution in [-0.2, 0) is 4.74 Å². The molecule has 2 saturated heterocycles. The summed E-state index contributed by atoms with van der Waals surface area (Å²) in [5.74, 6) is 0.726. The molecule has 0 saturated carbocycles. The molecule has 1 unspecified atom stereocenters. The van der Waals surface area contributed by atoms with Crippen LogP contribution in [0.1, 0.15) is 53.4 Å². The summed E-state index contributed by atoms with van der Waals surface area (Å²) in [5.41, 5.74) is 0.943. The van der Waals surface area contributed by atoms with Crippen molar-refractivity contribution >= 4 is 0 Å². The Hall–Kier alpha value is -0.120. The van der Waals surface area contributed by atoms with Gasteiger partial charge in [0, 0.05) is 31.7 Å². The standard InChI is InChI=1S/C18H36N2O/c1-5-17(6-2)7-9-20(13-17)14-18(8-10-21-15-18)12-19-11-16(3)4/h16,19H,5-15H2,1-4H3. The first kappa shape index (κ1) is 17.2. The quantitative estimate of drug-likeness (QED) is 0.744. The van der Waals surface area contributed by atoms with Crippen LogP contribution in [0.2, 0.25) is 0 Å². The van der Waals surface area contributed by atoms with Gasteiger partial charge in [-0.2, -0.15) is 0 Å². The van der Waals surface area contributed by atoms with E-state index in [2.05, 4.69) is 37.9 Å². The highest BCUT2D eigenvalue weighted by molar-refractivity contribution is 4.94. The van der Waals surface area contributed by atoms with Crippen LogP contribution in [-0.4, -0.2) is 50.8 Å². The third-order valence-electron chi connectivity index (χ3n) is 5.81. The Morgan fingerprint density at radius 2 is 1.90 bits per heavy atom. The van der Waals surface area contributed by atoms with Crippen molar-refractivity contribution in [3.05, 3.63) is 0 Å². The molecule has 124 valence electrons. The molecule has 0 aromatic heterocycles. The van der Waals surface area contributed by atoms with Crippen LogP contribution in [0.3, 0.4) is 0 Å². The molecular formula is C18H36N2O. The molecule has 2 aliphatic heterocycles. The van der Waals surface area contributed by atoms with Gasteiger partial charge >= 0.3 is 0 Å². The highest BCUT2D eigenvalue weighted by Crippen LogP contribution is 2.39. The van der Waals surface area contributed by atoms with E-state index in [-0.39, 0.29) is 0 Å². The van der Waals surface area contributed by atoms with Crippen LogP contribution >= 0.6 is 0 Å². The molecule has 1 atom stereocenters. The average molecular weight is 296 g/mol. The second-order valence-electron chi connectivity index (χ2n) is 8.00. The Morgan fingerprint density at radius 1 is 1.14 bits per heavy atom. The minimum atomic E-state index is 0.354. The van der Waals surface area contributed by atoms with Gasteiger partial charge in [0.25, 0.3) is 0 Å². The van der Waals surface area contributed by atoms with E-state index in [1.807, 2.05) is 0 Å². The molecule has 3 nitrogen and oxygen atoms in total. The second-order valence-corrected chi connectivity index (χ2v) is 8.00. The summed E-state index contributed by atoms with van der Waals surface area (Å²) in [7, 11) is 0. The lowest BCUT2D eigenvalue weighted by molar-refractivity contribution is 0.111. The smallest absolute Gasteiger partial charge is 0.0547 e. The number of ether oxygens (including phenoxy) is 1. The highest BCUT2D eigenvalue weighted by atomic mass is 16.5. The molecule has 0 spiro atoms. The van der Waals surface area contributed by atoms with Crippen molar-refractivity contribution in [2.75, 3.05) is 45.9 Å². The molecule has 2 aliphatic rings. The first-order valence-corrected chi connectivity index (χ1v) is 9.04. The van der Waals surface area contributed by atoms with Crippen molar-refractivity contribution in [1.82, 2.24) is 10.2 Å². The van der Waals surface area contributed by atoms with Gasteiger partial charge in [0.2, 0.25) is 0 Å². The van der Waals surface area contributed by atoms with E-state index in [9.17, 15) is 0 Å². The fraction of sp³-hybridized carbons (Fsp3) is 1.00. The normalized spacial score (nSPS) is 29.6. The number of hydrogen-bond donors (Lipinski definition) is 1. The zero-order chi connectivity index (χ0) is 15.3. The fourth-order valence-corrected chi connectivity index (χ4v) is 4.06. The maximum Gasteiger partial charge on any atom is 0.0547 e. The summed E-state index contributed by atoms with van der Waals surface area (Å²) in [5, 5.41) is 3.68. The Bertz CT molecular complexity index is 306. The van der Waals surface area contributed by atoms with E-state index in [0.29, 0.717) is 10.8 Å². The van der Waals surface area contributed by atoms with E-state index in [4.69, 9.17) is 4.74 Å². The Balaban J connectivity index is 1.88. The highest BCUT2D eigenvalue weighted by Gasteiger charge is 2.41. The molecule has 0 aromatic rings. The summed E-state index contributed by atoms with van der Waals surface area (Å²) < 4.78 is 5.77. The van der Waals surface area contributed by atoms with Crippen molar-refractivity contribution in [2.24, 2.45) is 16.7 Å². The zero-order valence-corrected chi connectivity index (χ0v) is 14.7. The minimum Gasteiger partial charge on any atom is -0.381 e. The molecule has 0 amide bonds. The Labute approximate surface area is 131 Å². The maximum atomic E-state index is 5.77. The third-order valence-corrected chi connectivity index (χ3v) is 5.81. The van der Waals surface area contributed by atoms with Gasteiger partial charge in [-0.15, -0.1) is 0 Å². The van der Waals surface area contributed by atoms with Crippen LogP contribution in [0.4, 0.5) is 0 Å². The van der Waals surface area contributed by atoms with E-state index >= 15 is 0 Å². The van der Waals surface area contributed by atoms with Crippen molar-refractivity contribution in [3.8, 4) is 0 Å². The molecular weight excluding hydrogens is 260 g/mol. The number of likely N-dealkylation sites (tertiary alicyclic amines) is 1. The fourth-order valence-electron chi connectivity index (χ4n) is 4.06. The summed E-state index contributed by atoms with van der Waals surface area (Å²) in [6.07, 6.45) is 5.26. The van der Waals surface area contributed by atoms with Gasteiger partial charge in [-0.05, 0) is 50.1 Å². The van der Waals surface area contributed by atoms with Crippen LogP contribution < -0.4 is 5.32 Å². The van der Waals surface area contributed by atoms with Gasteiger partial charge in [-0.25, -0.2) is 0 Å². The van der Waals surface area contributed by atoms with Crippen LogP contribution in [0.15, 0.2) is 0 Å². The maximum absolute atomic E-state index is 5.77. The summed E-state index contributed by atoms with van der Waals surface area (Å²) in [6, 6.07) is 0. The third kappa shape index (κ3) is 4.43. The lowest BCUT2D eigenvalue weighted by Gasteiger charge is -2.34. The second kappa shape index (κ2) is 7.43.